The largest absolute Gasteiger partial charge is 0.496 e. The van der Waals surface area contributed by atoms with Crippen LogP contribution < -0.4 is 14.2 Å². The van der Waals surface area contributed by atoms with Crippen molar-refractivity contribution in [1.82, 2.24) is 0 Å². The van der Waals surface area contributed by atoms with Crippen LogP contribution in [-0.2, 0) is 0 Å². The van der Waals surface area contributed by atoms with Gasteiger partial charge >= 0.3 is 0 Å². The molecule has 0 N–H and O–H groups in total. The number of ether oxygens (including phenoxy) is 3. The lowest BCUT2D eigenvalue weighted by Gasteiger charge is -2.13. The first-order valence-corrected chi connectivity index (χ1v) is 6.25. The fourth-order valence-electron chi connectivity index (χ4n) is 2.26. The van der Waals surface area contributed by atoms with Crippen molar-refractivity contribution in [2.45, 2.75) is 19.3 Å². The first-order valence-electron chi connectivity index (χ1n) is 6.25. The Morgan fingerprint density at radius 1 is 1.00 bits per heavy atom. The van der Waals surface area contributed by atoms with Gasteiger partial charge in [-0.3, -0.25) is 4.79 Å². The van der Waals surface area contributed by atoms with Gasteiger partial charge in [-0.2, -0.15) is 0 Å². The van der Waals surface area contributed by atoms with Gasteiger partial charge in [0.05, 0.1) is 26.9 Å². The van der Waals surface area contributed by atoms with Crippen LogP contribution in [0.3, 0.4) is 0 Å². The van der Waals surface area contributed by atoms with E-state index in [2.05, 4.69) is 0 Å². The molecule has 0 spiro atoms. The summed E-state index contributed by atoms with van der Waals surface area (Å²) in [5, 5.41) is 0. The van der Waals surface area contributed by atoms with Gasteiger partial charge in [-0.15, -0.1) is 0 Å². The number of carbonyl (C=O) groups is 1. The molecule has 2 rings (SSSR count). The van der Waals surface area contributed by atoms with Gasteiger partial charge in [0.2, 0.25) is 0 Å². The van der Waals surface area contributed by atoms with E-state index in [1.54, 1.807) is 33.5 Å². The second-order valence-corrected chi connectivity index (χ2v) is 4.36. The number of hydrogen-bond donors (Lipinski definition) is 0. The summed E-state index contributed by atoms with van der Waals surface area (Å²) in [4.78, 5) is 12.4. The molecule has 1 aliphatic carbocycles. The molecule has 1 aromatic carbocycles. The topological polar surface area (TPSA) is 44.8 Å². The maximum Gasteiger partial charge on any atom is 0.192 e. The molecule has 0 radical (unpaired) electrons. The quantitative estimate of drug-likeness (QED) is 0.765. The maximum absolute atomic E-state index is 12.4. The molecule has 0 heterocycles. The standard InChI is InChI=1S/C15H18O4/c1-17-12-9-14(19-3)13(18-2)8-11(12)15(16)10-6-4-5-7-10/h6,8-9H,4-5,7H2,1-3H3. The molecule has 4 heteroatoms. The van der Waals surface area contributed by atoms with E-state index in [0.717, 1.165) is 24.8 Å². The van der Waals surface area contributed by atoms with Crippen molar-refractivity contribution in [2.75, 3.05) is 21.3 Å². The van der Waals surface area contributed by atoms with E-state index >= 15 is 0 Å². The molecule has 1 aromatic rings. The number of allylic oxidation sites excluding steroid dienone is 2. The van der Waals surface area contributed by atoms with E-state index in [-0.39, 0.29) is 5.78 Å². The third-order valence-corrected chi connectivity index (χ3v) is 3.28. The Labute approximate surface area is 113 Å². The van der Waals surface area contributed by atoms with E-state index in [1.165, 1.54) is 0 Å². The minimum absolute atomic E-state index is 0.00954. The fourth-order valence-corrected chi connectivity index (χ4v) is 2.26. The van der Waals surface area contributed by atoms with Crippen LogP contribution in [0.25, 0.3) is 0 Å². The molecular formula is C15H18O4. The van der Waals surface area contributed by atoms with Gasteiger partial charge < -0.3 is 14.2 Å². The summed E-state index contributed by atoms with van der Waals surface area (Å²) in [6.07, 6.45) is 4.84. The predicted octanol–water partition coefficient (Wildman–Crippen LogP) is 3.01. The highest BCUT2D eigenvalue weighted by molar-refractivity contribution is 6.11. The summed E-state index contributed by atoms with van der Waals surface area (Å²) in [7, 11) is 4.65. The maximum atomic E-state index is 12.4. The molecule has 19 heavy (non-hydrogen) atoms. The molecule has 0 fully saturated rings. The van der Waals surface area contributed by atoms with E-state index < -0.39 is 0 Å². The summed E-state index contributed by atoms with van der Waals surface area (Å²) in [6, 6.07) is 3.36. The monoisotopic (exact) mass is 262 g/mol. The average Bonchev–Trinajstić information content (AvgIpc) is 2.99. The molecule has 0 bridgehead atoms. The van der Waals surface area contributed by atoms with Crippen LogP contribution in [0, 0.1) is 0 Å². The zero-order valence-electron chi connectivity index (χ0n) is 11.5. The van der Waals surface area contributed by atoms with Gasteiger partial charge in [0.15, 0.2) is 17.3 Å². The van der Waals surface area contributed by atoms with Crippen molar-refractivity contribution in [2.24, 2.45) is 0 Å². The van der Waals surface area contributed by atoms with Gasteiger partial charge in [0.1, 0.15) is 5.75 Å². The normalized spacial score (nSPS) is 13.9. The summed E-state index contributed by atoms with van der Waals surface area (Å²) >= 11 is 0. The zero-order valence-corrected chi connectivity index (χ0v) is 11.5. The highest BCUT2D eigenvalue weighted by Crippen LogP contribution is 2.36. The number of benzene rings is 1. The Kier molecular flexibility index (Phi) is 4.10. The summed E-state index contributed by atoms with van der Waals surface area (Å²) in [6.45, 7) is 0. The third-order valence-electron chi connectivity index (χ3n) is 3.28. The minimum Gasteiger partial charge on any atom is -0.496 e. The van der Waals surface area contributed by atoms with Crippen molar-refractivity contribution in [1.29, 1.82) is 0 Å². The van der Waals surface area contributed by atoms with Crippen molar-refractivity contribution in [3.63, 3.8) is 0 Å². The lowest BCUT2D eigenvalue weighted by Crippen LogP contribution is -2.05. The van der Waals surface area contributed by atoms with Crippen LogP contribution in [0.5, 0.6) is 17.2 Å². The Morgan fingerprint density at radius 3 is 2.16 bits per heavy atom. The Bertz CT molecular complexity index is 517. The molecule has 0 atom stereocenters. The molecule has 0 aromatic heterocycles. The molecule has 0 amide bonds. The lowest BCUT2D eigenvalue weighted by molar-refractivity contribution is 0.102. The van der Waals surface area contributed by atoms with Gasteiger partial charge in [0.25, 0.3) is 0 Å². The second kappa shape index (κ2) is 5.78. The van der Waals surface area contributed by atoms with Gasteiger partial charge in [-0.05, 0) is 30.9 Å². The zero-order chi connectivity index (χ0) is 13.8. The predicted molar refractivity (Wildman–Crippen MR) is 72.4 cm³/mol. The minimum atomic E-state index is 0.00954. The molecule has 1 aliphatic rings. The molecule has 102 valence electrons. The number of carbonyl (C=O) groups excluding carboxylic acids is 1. The average molecular weight is 262 g/mol. The SMILES string of the molecule is COc1cc(OC)c(C(=O)C2=CCCC2)cc1OC. The number of Topliss-reactive ketones (excluding diaryl/α,β-unsaturated/α-hetero) is 1. The van der Waals surface area contributed by atoms with Crippen LogP contribution in [0.2, 0.25) is 0 Å². The smallest absolute Gasteiger partial charge is 0.192 e. The number of methoxy groups -OCH3 is 3. The number of hydrogen-bond acceptors (Lipinski definition) is 4. The van der Waals surface area contributed by atoms with E-state index in [9.17, 15) is 4.79 Å². The Balaban J connectivity index is 2.46. The number of ketones is 1. The highest BCUT2D eigenvalue weighted by Gasteiger charge is 2.21. The summed E-state index contributed by atoms with van der Waals surface area (Å²) in [5.74, 6) is 1.60. The van der Waals surface area contributed by atoms with Crippen LogP contribution in [0.4, 0.5) is 0 Å². The first-order chi connectivity index (χ1) is 9.21. The van der Waals surface area contributed by atoms with Crippen molar-refractivity contribution < 1.29 is 19.0 Å². The molecule has 0 aliphatic heterocycles. The van der Waals surface area contributed by atoms with Crippen molar-refractivity contribution in [3.05, 3.63) is 29.3 Å². The molecule has 4 nitrogen and oxygen atoms in total. The molecule has 0 saturated heterocycles. The molecule has 0 unspecified atom stereocenters. The summed E-state index contributed by atoms with van der Waals surface area (Å²) < 4.78 is 15.7. The lowest BCUT2D eigenvalue weighted by atomic mass is 10.0. The van der Waals surface area contributed by atoms with Gasteiger partial charge in [-0.1, -0.05) is 6.08 Å². The van der Waals surface area contributed by atoms with Crippen LogP contribution in [0.1, 0.15) is 29.6 Å². The Hall–Kier alpha value is -1.97. The van der Waals surface area contributed by atoms with Crippen molar-refractivity contribution in [3.8, 4) is 17.2 Å². The van der Waals surface area contributed by atoms with Crippen LogP contribution in [0.15, 0.2) is 23.8 Å². The molecule has 0 saturated carbocycles. The van der Waals surface area contributed by atoms with Crippen LogP contribution in [-0.4, -0.2) is 27.1 Å². The van der Waals surface area contributed by atoms with E-state index in [4.69, 9.17) is 14.2 Å². The number of rotatable bonds is 5. The van der Waals surface area contributed by atoms with E-state index in [1.807, 2.05) is 6.08 Å². The van der Waals surface area contributed by atoms with Crippen LogP contribution >= 0.6 is 0 Å². The fraction of sp³-hybridized carbons (Fsp3) is 0.400. The second-order valence-electron chi connectivity index (χ2n) is 4.36. The molecular weight excluding hydrogens is 244 g/mol. The highest BCUT2D eigenvalue weighted by atomic mass is 16.5. The Morgan fingerprint density at radius 2 is 1.63 bits per heavy atom. The van der Waals surface area contributed by atoms with Gasteiger partial charge in [-0.25, -0.2) is 0 Å². The van der Waals surface area contributed by atoms with E-state index in [0.29, 0.717) is 22.8 Å². The first kappa shape index (κ1) is 13.5. The third kappa shape index (κ3) is 2.57. The van der Waals surface area contributed by atoms with Crippen molar-refractivity contribution >= 4 is 5.78 Å². The summed E-state index contributed by atoms with van der Waals surface area (Å²) in [5.41, 5.74) is 1.37. The van der Waals surface area contributed by atoms with Gasteiger partial charge in [0, 0.05) is 6.07 Å².